The van der Waals surface area contributed by atoms with Gasteiger partial charge in [0.2, 0.25) is 5.91 Å². The molecule has 1 saturated carbocycles. The lowest BCUT2D eigenvalue weighted by Gasteiger charge is -2.22. The first-order valence-corrected chi connectivity index (χ1v) is 8.52. The molecule has 0 bridgehead atoms. The number of anilines is 1. The van der Waals surface area contributed by atoms with Gasteiger partial charge in [-0.3, -0.25) is 14.3 Å². The number of carbonyl (C=O) groups is 1. The van der Waals surface area contributed by atoms with Gasteiger partial charge in [0.15, 0.2) is 5.82 Å². The van der Waals surface area contributed by atoms with Crippen LogP contribution in [0.4, 0.5) is 5.82 Å². The minimum absolute atomic E-state index is 0.130. The van der Waals surface area contributed by atoms with Gasteiger partial charge >= 0.3 is 0 Å². The van der Waals surface area contributed by atoms with E-state index in [1.165, 1.54) is 12.8 Å². The highest BCUT2D eigenvalue weighted by Gasteiger charge is 2.27. The van der Waals surface area contributed by atoms with Crippen molar-refractivity contribution in [2.24, 2.45) is 13.0 Å². The largest absolute Gasteiger partial charge is 0.307 e. The monoisotopic (exact) mass is 328 g/mol. The third-order valence-electron chi connectivity index (χ3n) is 4.74. The van der Waals surface area contributed by atoms with E-state index in [0.717, 1.165) is 18.4 Å². The number of nitrogens with zero attached hydrogens (tertiary/aromatic N) is 3. The zero-order chi connectivity index (χ0) is 17.1. The highest BCUT2D eigenvalue weighted by Crippen LogP contribution is 2.32. The second kappa shape index (κ2) is 7.03. The Morgan fingerprint density at radius 2 is 2.08 bits per heavy atom. The number of pyridine rings is 1. The standard InChI is InChI=1S/C18H24N4O2/c1-13-7-10-22(17(23)11-13)15(12-14-5-3-4-6-14)18(24)19-16-8-9-21(2)20-16/h7-11,14-15H,3-6,12H2,1-2H3,(H,19,20,24)/t15-/m0/s1. The van der Waals surface area contributed by atoms with Crippen molar-refractivity contribution in [3.05, 3.63) is 46.5 Å². The second-order valence-electron chi connectivity index (χ2n) is 6.72. The molecule has 0 saturated heterocycles. The van der Waals surface area contributed by atoms with Crippen molar-refractivity contribution in [2.45, 2.75) is 45.1 Å². The number of aryl methyl sites for hydroxylation is 2. The molecular weight excluding hydrogens is 304 g/mol. The topological polar surface area (TPSA) is 68.9 Å². The SMILES string of the molecule is Cc1ccn([C@@H](CC2CCCC2)C(=O)Nc2ccn(C)n2)c(=O)c1. The van der Waals surface area contributed by atoms with Crippen molar-refractivity contribution in [1.29, 1.82) is 0 Å². The van der Waals surface area contributed by atoms with E-state index < -0.39 is 6.04 Å². The lowest BCUT2D eigenvalue weighted by Crippen LogP contribution is -2.34. The number of hydrogen-bond acceptors (Lipinski definition) is 3. The minimum atomic E-state index is -0.497. The Morgan fingerprint density at radius 1 is 1.33 bits per heavy atom. The van der Waals surface area contributed by atoms with Crippen LogP contribution in [0.15, 0.2) is 35.4 Å². The fraction of sp³-hybridized carbons (Fsp3) is 0.500. The van der Waals surface area contributed by atoms with Crippen LogP contribution in [0.3, 0.4) is 0 Å². The summed E-state index contributed by atoms with van der Waals surface area (Å²) in [5, 5.41) is 7.04. The molecule has 1 fully saturated rings. The molecule has 1 atom stereocenters. The predicted molar refractivity (Wildman–Crippen MR) is 92.9 cm³/mol. The Labute approximate surface area is 141 Å². The van der Waals surface area contributed by atoms with Crippen LogP contribution >= 0.6 is 0 Å². The van der Waals surface area contributed by atoms with E-state index in [4.69, 9.17) is 0 Å². The molecule has 128 valence electrons. The number of aromatic nitrogens is 3. The molecule has 2 heterocycles. The molecular formula is C18H24N4O2. The summed E-state index contributed by atoms with van der Waals surface area (Å²) < 4.78 is 3.20. The van der Waals surface area contributed by atoms with Gasteiger partial charge in [-0.2, -0.15) is 5.10 Å². The molecule has 0 aromatic carbocycles. The first-order valence-electron chi connectivity index (χ1n) is 8.52. The first kappa shape index (κ1) is 16.5. The molecule has 2 aromatic rings. The summed E-state index contributed by atoms with van der Waals surface area (Å²) in [7, 11) is 1.80. The molecule has 6 heteroatoms. The Kier molecular flexibility index (Phi) is 4.83. The van der Waals surface area contributed by atoms with E-state index in [1.807, 2.05) is 13.0 Å². The van der Waals surface area contributed by atoms with Crippen LogP contribution in [0.1, 0.15) is 43.7 Å². The lowest BCUT2D eigenvalue weighted by atomic mass is 9.97. The van der Waals surface area contributed by atoms with Crippen LogP contribution in [0.5, 0.6) is 0 Å². The number of carbonyl (C=O) groups excluding carboxylic acids is 1. The third-order valence-corrected chi connectivity index (χ3v) is 4.74. The van der Waals surface area contributed by atoms with Gasteiger partial charge < -0.3 is 9.88 Å². The molecule has 6 nitrogen and oxygen atoms in total. The first-order chi connectivity index (χ1) is 11.5. The molecule has 0 radical (unpaired) electrons. The summed E-state index contributed by atoms with van der Waals surface area (Å²) in [5.74, 6) is 0.836. The third kappa shape index (κ3) is 3.75. The smallest absolute Gasteiger partial charge is 0.251 e. The summed E-state index contributed by atoms with van der Waals surface area (Å²) in [6.07, 6.45) is 8.89. The van der Waals surface area contributed by atoms with Crippen molar-refractivity contribution in [2.75, 3.05) is 5.32 Å². The Morgan fingerprint density at radius 3 is 2.71 bits per heavy atom. The maximum absolute atomic E-state index is 12.8. The molecule has 0 aliphatic heterocycles. The Bertz CT molecular complexity index is 771. The summed E-state index contributed by atoms with van der Waals surface area (Å²) in [6.45, 7) is 1.88. The maximum atomic E-state index is 12.8. The predicted octanol–water partition coefficient (Wildman–Crippen LogP) is 2.65. The Hall–Kier alpha value is -2.37. The molecule has 1 N–H and O–H groups in total. The van der Waals surface area contributed by atoms with Gasteiger partial charge in [-0.25, -0.2) is 0 Å². The van der Waals surface area contributed by atoms with Crippen molar-refractivity contribution in [1.82, 2.24) is 14.3 Å². The minimum Gasteiger partial charge on any atom is -0.307 e. The van der Waals surface area contributed by atoms with Crippen LogP contribution < -0.4 is 10.9 Å². The number of hydrogen-bond donors (Lipinski definition) is 1. The quantitative estimate of drug-likeness (QED) is 0.917. The van der Waals surface area contributed by atoms with Crippen LogP contribution in [0, 0.1) is 12.8 Å². The van der Waals surface area contributed by atoms with Crippen molar-refractivity contribution in [3.63, 3.8) is 0 Å². The van der Waals surface area contributed by atoms with Crippen molar-refractivity contribution < 1.29 is 4.79 Å². The van der Waals surface area contributed by atoms with Crippen LogP contribution in [0.2, 0.25) is 0 Å². The highest BCUT2D eigenvalue weighted by molar-refractivity contribution is 5.92. The maximum Gasteiger partial charge on any atom is 0.251 e. The van der Waals surface area contributed by atoms with Crippen LogP contribution in [-0.4, -0.2) is 20.3 Å². The fourth-order valence-electron chi connectivity index (χ4n) is 3.45. The zero-order valence-corrected chi connectivity index (χ0v) is 14.2. The number of amides is 1. The fourth-order valence-corrected chi connectivity index (χ4v) is 3.45. The number of nitrogens with one attached hydrogen (secondary N) is 1. The zero-order valence-electron chi connectivity index (χ0n) is 14.2. The van der Waals surface area contributed by atoms with Gasteiger partial charge in [0.05, 0.1) is 0 Å². The summed E-state index contributed by atoms with van der Waals surface area (Å²) in [6, 6.07) is 4.71. The summed E-state index contributed by atoms with van der Waals surface area (Å²) in [4.78, 5) is 25.2. The molecule has 0 spiro atoms. The number of rotatable bonds is 5. The van der Waals surface area contributed by atoms with Crippen LogP contribution in [-0.2, 0) is 11.8 Å². The molecule has 1 aliphatic rings. The molecule has 1 aliphatic carbocycles. The van der Waals surface area contributed by atoms with Gasteiger partial charge in [-0.05, 0) is 30.9 Å². The van der Waals surface area contributed by atoms with Gasteiger partial charge in [0, 0.05) is 31.6 Å². The van der Waals surface area contributed by atoms with Crippen LogP contribution in [0.25, 0.3) is 0 Å². The van der Waals surface area contributed by atoms with E-state index >= 15 is 0 Å². The normalized spacial score (nSPS) is 16.2. The lowest BCUT2D eigenvalue weighted by molar-refractivity contribution is -0.119. The van der Waals surface area contributed by atoms with Gasteiger partial charge in [0.1, 0.15) is 6.04 Å². The van der Waals surface area contributed by atoms with Crippen molar-refractivity contribution in [3.8, 4) is 0 Å². The molecule has 1 amide bonds. The average molecular weight is 328 g/mol. The van der Waals surface area contributed by atoms with E-state index in [9.17, 15) is 9.59 Å². The van der Waals surface area contributed by atoms with E-state index in [2.05, 4.69) is 10.4 Å². The summed E-state index contributed by atoms with van der Waals surface area (Å²) >= 11 is 0. The van der Waals surface area contributed by atoms with Crippen molar-refractivity contribution >= 4 is 11.7 Å². The average Bonchev–Trinajstić information content (AvgIpc) is 3.17. The van der Waals surface area contributed by atoms with E-state index in [0.29, 0.717) is 18.2 Å². The molecule has 24 heavy (non-hydrogen) atoms. The van der Waals surface area contributed by atoms with Gasteiger partial charge in [-0.15, -0.1) is 0 Å². The van der Waals surface area contributed by atoms with E-state index in [-0.39, 0.29) is 11.5 Å². The van der Waals surface area contributed by atoms with E-state index in [1.54, 1.807) is 40.8 Å². The van der Waals surface area contributed by atoms with Gasteiger partial charge in [-0.1, -0.05) is 25.7 Å². The molecule has 0 unspecified atom stereocenters. The summed E-state index contributed by atoms with van der Waals surface area (Å²) in [5.41, 5.74) is 0.773. The molecule has 3 rings (SSSR count). The Balaban J connectivity index is 1.85. The molecule has 2 aromatic heterocycles. The highest BCUT2D eigenvalue weighted by atomic mass is 16.2. The second-order valence-corrected chi connectivity index (χ2v) is 6.72. The van der Waals surface area contributed by atoms with Gasteiger partial charge in [0.25, 0.3) is 5.56 Å².